The molecule has 0 spiro atoms. The van der Waals surface area contributed by atoms with E-state index in [-0.39, 0.29) is 11.8 Å². The Morgan fingerprint density at radius 3 is 2.78 bits per heavy atom. The molecule has 4 rings (SSSR count). The van der Waals surface area contributed by atoms with Gasteiger partial charge in [-0.05, 0) is 38.7 Å². The lowest BCUT2D eigenvalue weighted by atomic mass is 9.68. The second-order valence-electron chi connectivity index (χ2n) is 7.26. The zero-order chi connectivity index (χ0) is 19.2. The predicted octanol–water partition coefficient (Wildman–Crippen LogP) is 2.11. The number of fused-ring (bicyclic) bond motifs is 1. The number of amides is 1. The molecule has 0 aromatic carbocycles. The molecule has 1 aliphatic carbocycles. The first-order chi connectivity index (χ1) is 12.9. The number of primary amides is 1. The third-order valence-corrected chi connectivity index (χ3v) is 5.09. The fourth-order valence-corrected chi connectivity index (χ4v) is 3.76. The van der Waals surface area contributed by atoms with Crippen LogP contribution in [0.5, 0.6) is 5.88 Å². The molecule has 0 bridgehead atoms. The Hall–Kier alpha value is -3.16. The smallest absolute Gasteiger partial charge is 0.244 e. The standard InChI is InChI=1S/C19H22N6O2/c1-4-14(17(20)26)12-7-19(2,8-12)27-18-16-5-6-21-25(16)11-15(23-18)13-9-22-24(3)10-13/h4-6,9-12H,7-8H2,1-3H3,(H2,20,26). The minimum absolute atomic E-state index is 0.125. The molecule has 8 heteroatoms. The van der Waals surface area contributed by atoms with Crippen molar-refractivity contribution in [2.24, 2.45) is 18.7 Å². The van der Waals surface area contributed by atoms with Crippen LogP contribution in [0, 0.1) is 5.92 Å². The summed E-state index contributed by atoms with van der Waals surface area (Å²) in [6.45, 7) is 3.87. The Bertz CT molecular complexity index is 1040. The van der Waals surface area contributed by atoms with Gasteiger partial charge in [0, 0.05) is 24.4 Å². The second kappa shape index (κ2) is 6.22. The van der Waals surface area contributed by atoms with Crippen LogP contribution < -0.4 is 10.5 Å². The second-order valence-corrected chi connectivity index (χ2v) is 7.26. The molecule has 1 fully saturated rings. The topological polar surface area (TPSA) is 100 Å². The summed E-state index contributed by atoms with van der Waals surface area (Å²) in [6.07, 6.45) is 10.5. The van der Waals surface area contributed by atoms with Gasteiger partial charge in [-0.15, -0.1) is 0 Å². The van der Waals surface area contributed by atoms with Crippen LogP contribution in [0.2, 0.25) is 0 Å². The van der Waals surface area contributed by atoms with Crippen molar-refractivity contribution in [3.63, 3.8) is 0 Å². The maximum atomic E-state index is 11.6. The molecule has 0 radical (unpaired) electrons. The van der Waals surface area contributed by atoms with E-state index >= 15 is 0 Å². The maximum Gasteiger partial charge on any atom is 0.244 e. The summed E-state index contributed by atoms with van der Waals surface area (Å²) in [6, 6.07) is 1.87. The van der Waals surface area contributed by atoms with Gasteiger partial charge in [-0.3, -0.25) is 9.48 Å². The number of nitrogens with two attached hydrogens (primary N) is 1. The number of ether oxygens (including phenoxy) is 1. The van der Waals surface area contributed by atoms with Gasteiger partial charge >= 0.3 is 0 Å². The molecule has 0 aliphatic heterocycles. The largest absolute Gasteiger partial charge is 0.470 e. The summed E-state index contributed by atoms with van der Waals surface area (Å²) in [5.74, 6) is 0.287. The van der Waals surface area contributed by atoms with Gasteiger partial charge in [0.15, 0.2) is 0 Å². The fourth-order valence-electron chi connectivity index (χ4n) is 3.76. The van der Waals surface area contributed by atoms with Crippen LogP contribution in [0.3, 0.4) is 0 Å². The minimum Gasteiger partial charge on any atom is -0.470 e. The Balaban J connectivity index is 1.63. The van der Waals surface area contributed by atoms with Crippen LogP contribution in [0.15, 0.2) is 42.5 Å². The van der Waals surface area contributed by atoms with Crippen molar-refractivity contribution in [1.82, 2.24) is 24.4 Å². The van der Waals surface area contributed by atoms with Crippen molar-refractivity contribution in [2.75, 3.05) is 0 Å². The molecule has 27 heavy (non-hydrogen) atoms. The Labute approximate surface area is 156 Å². The number of aromatic nitrogens is 5. The summed E-state index contributed by atoms with van der Waals surface area (Å²) in [5.41, 5.74) is 8.16. The van der Waals surface area contributed by atoms with E-state index in [0.29, 0.717) is 24.3 Å². The summed E-state index contributed by atoms with van der Waals surface area (Å²) in [5, 5.41) is 8.53. The van der Waals surface area contributed by atoms with Crippen LogP contribution in [0.4, 0.5) is 0 Å². The molecular weight excluding hydrogens is 344 g/mol. The average Bonchev–Trinajstić information content (AvgIpc) is 3.22. The van der Waals surface area contributed by atoms with E-state index in [4.69, 9.17) is 15.5 Å². The number of nitrogens with zero attached hydrogens (tertiary/aromatic N) is 5. The van der Waals surface area contributed by atoms with E-state index in [9.17, 15) is 4.79 Å². The molecule has 1 aliphatic rings. The van der Waals surface area contributed by atoms with Crippen molar-refractivity contribution < 1.29 is 9.53 Å². The molecule has 0 atom stereocenters. The number of allylic oxidation sites excluding steroid dienone is 1. The van der Waals surface area contributed by atoms with E-state index in [1.54, 1.807) is 27.7 Å². The summed E-state index contributed by atoms with van der Waals surface area (Å²) < 4.78 is 9.79. The highest BCUT2D eigenvalue weighted by Crippen LogP contribution is 2.45. The number of hydrogen-bond acceptors (Lipinski definition) is 5. The van der Waals surface area contributed by atoms with Crippen LogP contribution in [0.1, 0.15) is 26.7 Å². The lowest BCUT2D eigenvalue weighted by molar-refractivity contribution is -0.116. The van der Waals surface area contributed by atoms with Gasteiger partial charge in [0.05, 0.1) is 24.3 Å². The van der Waals surface area contributed by atoms with Gasteiger partial charge in [0.1, 0.15) is 11.1 Å². The fraction of sp³-hybridized carbons (Fsp3) is 0.368. The van der Waals surface area contributed by atoms with Gasteiger partial charge in [0.2, 0.25) is 11.8 Å². The quantitative estimate of drug-likeness (QED) is 0.697. The first-order valence-electron chi connectivity index (χ1n) is 8.87. The van der Waals surface area contributed by atoms with Gasteiger partial charge in [-0.1, -0.05) is 6.08 Å². The van der Waals surface area contributed by atoms with Crippen LogP contribution in [-0.2, 0) is 11.8 Å². The highest BCUT2D eigenvalue weighted by atomic mass is 16.5. The van der Waals surface area contributed by atoms with Gasteiger partial charge < -0.3 is 10.5 Å². The zero-order valence-corrected chi connectivity index (χ0v) is 15.6. The molecule has 3 aromatic rings. The van der Waals surface area contributed by atoms with Gasteiger partial charge in [-0.25, -0.2) is 9.50 Å². The van der Waals surface area contributed by atoms with Crippen molar-refractivity contribution in [3.05, 3.63) is 42.5 Å². The van der Waals surface area contributed by atoms with Crippen molar-refractivity contribution in [3.8, 4) is 17.1 Å². The van der Waals surface area contributed by atoms with Crippen LogP contribution in [-0.4, -0.2) is 35.9 Å². The number of hydrogen-bond donors (Lipinski definition) is 1. The molecule has 0 unspecified atom stereocenters. The first kappa shape index (κ1) is 17.3. The highest BCUT2D eigenvalue weighted by Gasteiger charge is 2.45. The average molecular weight is 366 g/mol. The molecule has 140 valence electrons. The minimum atomic E-state index is -0.403. The summed E-state index contributed by atoms with van der Waals surface area (Å²) in [7, 11) is 1.86. The first-order valence-corrected chi connectivity index (χ1v) is 8.87. The zero-order valence-electron chi connectivity index (χ0n) is 15.6. The molecule has 1 amide bonds. The number of carbonyl (C=O) groups is 1. The van der Waals surface area contributed by atoms with Crippen LogP contribution >= 0.6 is 0 Å². The van der Waals surface area contributed by atoms with Crippen molar-refractivity contribution in [2.45, 2.75) is 32.3 Å². The summed E-state index contributed by atoms with van der Waals surface area (Å²) in [4.78, 5) is 16.3. The SMILES string of the molecule is CC=C(C(N)=O)C1CC(C)(Oc2nc(-c3cnn(C)c3)cn3nccc23)C1. The van der Waals surface area contributed by atoms with Crippen molar-refractivity contribution >= 4 is 11.4 Å². The molecular formula is C19H22N6O2. The third-order valence-electron chi connectivity index (χ3n) is 5.09. The number of carbonyl (C=O) groups excluding carboxylic acids is 1. The van der Waals surface area contributed by atoms with Crippen LogP contribution in [0.25, 0.3) is 16.8 Å². The Kier molecular flexibility index (Phi) is 3.98. The predicted molar refractivity (Wildman–Crippen MR) is 99.9 cm³/mol. The van der Waals surface area contributed by atoms with E-state index < -0.39 is 5.60 Å². The summed E-state index contributed by atoms with van der Waals surface area (Å²) >= 11 is 0. The Morgan fingerprint density at radius 2 is 2.15 bits per heavy atom. The molecule has 0 saturated heterocycles. The van der Waals surface area contributed by atoms with E-state index in [2.05, 4.69) is 10.2 Å². The van der Waals surface area contributed by atoms with Gasteiger partial charge in [0.25, 0.3) is 0 Å². The third kappa shape index (κ3) is 3.07. The maximum absolute atomic E-state index is 11.6. The number of rotatable bonds is 5. The normalized spacial score (nSPS) is 22.6. The number of aryl methyl sites for hydroxylation is 1. The van der Waals surface area contributed by atoms with E-state index in [1.165, 1.54) is 0 Å². The highest BCUT2D eigenvalue weighted by molar-refractivity contribution is 5.92. The van der Waals surface area contributed by atoms with Crippen molar-refractivity contribution in [1.29, 1.82) is 0 Å². The molecule has 3 heterocycles. The molecule has 8 nitrogen and oxygen atoms in total. The molecule has 3 aromatic heterocycles. The lowest BCUT2D eigenvalue weighted by Gasteiger charge is -2.45. The molecule has 1 saturated carbocycles. The lowest BCUT2D eigenvalue weighted by Crippen LogP contribution is -2.48. The van der Waals surface area contributed by atoms with E-state index in [0.717, 1.165) is 16.8 Å². The monoisotopic (exact) mass is 366 g/mol. The molecule has 2 N–H and O–H groups in total. The van der Waals surface area contributed by atoms with Gasteiger partial charge in [-0.2, -0.15) is 10.2 Å². The van der Waals surface area contributed by atoms with E-state index in [1.807, 2.05) is 39.4 Å². The Morgan fingerprint density at radius 1 is 1.37 bits per heavy atom.